The van der Waals surface area contributed by atoms with Crippen LogP contribution in [0.5, 0.6) is 23.0 Å². The second-order valence-electron chi connectivity index (χ2n) is 10.0. The van der Waals surface area contributed by atoms with Crippen LogP contribution < -0.4 is 9.47 Å². The summed E-state index contributed by atoms with van der Waals surface area (Å²) in [6, 6.07) is 17.5. The minimum absolute atomic E-state index is 0.130. The van der Waals surface area contributed by atoms with Gasteiger partial charge in [-0.05, 0) is 91.9 Å². The maximum atomic E-state index is 14.3. The molecule has 1 saturated heterocycles. The lowest BCUT2D eigenvalue weighted by Gasteiger charge is -2.31. The molecule has 0 bridgehead atoms. The molecule has 2 N–H and O–H groups in total. The van der Waals surface area contributed by atoms with Crippen molar-refractivity contribution in [3.8, 4) is 23.0 Å². The number of likely N-dealkylation sites (tertiary alicyclic amines) is 1. The van der Waals surface area contributed by atoms with Crippen molar-refractivity contribution in [2.45, 2.75) is 53.2 Å². The van der Waals surface area contributed by atoms with Crippen molar-refractivity contribution in [3.05, 3.63) is 83.2 Å². The molecular weight excluding hydrogens is 481 g/mol. The third-order valence-electron chi connectivity index (χ3n) is 7.29. The molecule has 0 saturated carbocycles. The minimum atomic E-state index is -0.696. The van der Waals surface area contributed by atoms with Crippen LogP contribution in [0.3, 0.4) is 0 Å². The Bertz CT molecular complexity index is 1290. The van der Waals surface area contributed by atoms with Crippen molar-refractivity contribution in [1.82, 2.24) is 4.90 Å². The Kier molecular flexibility index (Phi) is 8.62. The Labute approximate surface area is 225 Å². The third kappa shape index (κ3) is 5.81. The summed E-state index contributed by atoms with van der Waals surface area (Å²) in [5.74, 6) is 1.21. The second kappa shape index (κ2) is 11.9. The number of ether oxygens (including phenoxy) is 2. The zero-order valence-corrected chi connectivity index (χ0v) is 22.9. The zero-order valence-electron chi connectivity index (χ0n) is 22.9. The standard InChI is InChI=1S/C30H32FNO4.C2H6/c1-18-12-13-32(16-18)19(2)17-35-24-8-4-21(5-9-24)30-29(22-6-10-27(34)26(31)14-22)20(3)25-15-23(33)7-11-28(25)36-30;1-2/h4-11,14-15,18-19,30,33-34H,12-13,16-17H2,1-3H3;1-2H3. The molecule has 0 amide bonds. The van der Waals surface area contributed by atoms with Crippen molar-refractivity contribution in [3.63, 3.8) is 0 Å². The van der Waals surface area contributed by atoms with Crippen LogP contribution in [0.15, 0.2) is 60.7 Å². The van der Waals surface area contributed by atoms with E-state index in [9.17, 15) is 14.6 Å². The fraction of sp³-hybridized carbons (Fsp3) is 0.375. The first-order valence-electron chi connectivity index (χ1n) is 13.5. The van der Waals surface area contributed by atoms with Crippen molar-refractivity contribution in [2.24, 2.45) is 5.92 Å². The lowest BCUT2D eigenvalue weighted by atomic mass is 9.86. The van der Waals surface area contributed by atoms with Gasteiger partial charge < -0.3 is 19.7 Å². The third-order valence-corrected chi connectivity index (χ3v) is 7.29. The van der Waals surface area contributed by atoms with E-state index in [2.05, 4.69) is 18.7 Å². The molecule has 0 spiro atoms. The van der Waals surface area contributed by atoms with E-state index in [1.54, 1.807) is 24.3 Å². The molecule has 2 aliphatic heterocycles. The fourth-order valence-corrected chi connectivity index (χ4v) is 5.15. The molecular formula is C32H38FNO4. The van der Waals surface area contributed by atoms with Gasteiger partial charge in [0.1, 0.15) is 30.0 Å². The predicted octanol–water partition coefficient (Wildman–Crippen LogP) is 7.44. The molecule has 1 fully saturated rings. The number of hydrogen-bond acceptors (Lipinski definition) is 5. The zero-order chi connectivity index (χ0) is 27.4. The van der Waals surface area contributed by atoms with Crippen LogP contribution >= 0.6 is 0 Å². The number of nitrogens with zero attached hydrogens (tertiary/aromatic N) is 1. The highest BCUT2D eigenvalue weighted by atomic mass is 19.1. The highest BCUT2D eigenvalue weighted by molar-refractivity contribution is 5.95. The quantitative estimate of drug-likeness (QED) is 0.354. The minimum Gasteiger partial charge on any atom is -0.508 e. The monoisotopic (exact) mass is 519 g/mol. The average molecular weight is 520 g/mol. The van der Waals surface area contributed by atoms with Gasteiger partial charge in [-0.1, -0.05) is 39.0 Å². The van der Waals surface area contributed by atoms with Gasteiger partial charge in [0.25, 0.3) is 0 Å². The summed E-state index contributed by atoms with van der Waals surface area (Å²) in [5, 5.41) is 19.8. The van der Waals surface area contributed by atoms with Crippen molar-refractivity contribution in [2.75, 3.05) is 19.7 Å². The topological polar surface area (TPSA) is 62.2 Å². The first-order chi connectivity index (χ1) is 18.3. The van der Waals surface area contributed by atoms with E-state index in [-0.39, 0.29) is 5.75 Å². The number of allylic oxidation sites excluding steroid dienone is 1. The number of phenolic OH excluding ortho intramolecular Hbond substituents is 2. The van der Waals surface area contributed by atoms with Crippen LogP contribution in [0.4, 0.5) is 4.39 Å². The number of fused-ring (bicyclic) bond motifs is 1. The Morgan fingerprint density at radius 1 is 1.05 bits per heavy atom. The molecule has 2 heterocycles. The van der Waals surface area contributed by atoms with E-state index < -0.39 is 17.7 Å². The summed E-state index contributed by atoms with van der Waals surface area (Å²) in [6.45, 7) is 13.3. The Morgan fingerprint density at radius 2 is 1.79 bits per heavy atom. The highest BCUT2D eigenvalue weighted by Gasteiger charge is 2.30. The molecule has 38 heavy (non-hydrogen) atoms. The Morgan fingerprint density at radius 3 is 2.45 bits per heavy atom. The van der Waals surface area contributed by atoms with Crippen molar-refractivity contribution in [1.29, 1.82) is 0 Å². The lowest BCUT2D eigenvalue weighted by molar-refractivity contribution is 0.169. The van der Waals surface area contributed by atoms with Crippen LogP contribution in [0.1, 0.15) is 63.8 Å². The smallest absolute Gasteiger partial charge is 0.165 e. The molecule has 3 aromatic carbocycles. The summed E-state index contributed by atoms with van der Waals surface area (Å²) in [5.41, 5.74) is 3.90. The number of aromatic hydroxyl groups is 2. The summed E-state index contributed by atoms with van der Waals surface area (Å²) in [4.78, 5) is 2.47. The van der Waals surface area contributed by atoms with Gasteiger partial charge in [0.15, 0.2) is 11.6 Å². The summed E-state index contributed by atoms with van der Waals surface area (Å²) in [6.07, 6.45) is 0.744. The number of rotatable bonds is 6. The Balaban J connectivity index is 0.00000164. The first kappa shape index (κ1) is 27.5. The van der Waals surface area contributed by atoms with E-state index in [1.165, 1.54) is 18.6 Å². The molecule has 5 rings (SSSR count). The molecule has 3 atom stereocenters. The van der Waals surface area contributed by atoms with E-state index >= 15 is 0 Å². The van der Waals surface area contributed by atoms with E-state index in [1.807, 2.05) is 45.0 Å². The largest absolute Gasteiger partial charge is 0.508 e. The van der Waals surface area contributed by atoms with Crippen LogP contribution in [-0.4, -0.2) is 40.9 Å². The molecule has 0 aliphatic carbocycles. The fourth-order valence-electron chi connectivity index (χ4n) is 5.15. The maximum Gasteiger partial charge on any atom is 0.165 e. The van der Waals surface area contributed by atoms with Gasteiger partial charge in [0.05, 0.1) is 0 Å². The van der Waals surface area contributed by atoms with Gasteiger partial charge in [-0.15, -0.1) is 0 Å². The van der Waals surface area contributed by atoms with Gasteiger partial charge in [0.2, 0.25) is 0 Å². The molecule has 3 aromatic rings. The van der Waals surface area contributed by atoms with Gasteiger partial charge in [0, 0.05) is 23.7 Å². The number of benzene rings is 3. The summed E-state index contributed by atoms with van der Waals surface area (Å²) in [7, 11) is 0. The number of hydrogen-bond donors (Lipinski definition) is 2. The van der Waals surface area contributed by atoms with Crippen LogP contribution in [0.25, 0.3) is 11.1 Å². The lowest BCUT2D eigenvalue weighted by Crippen LogP contribution is -2.35. The molecule has 202 valence electrons. The van der Waals surface area contributed by atoms with E-state index in [4.69, 9.17) is 9.47 Å². The van der Waals surface area contributed by atoms with Crippen LogP contribution in [-0.2, 0) is 0 Å². The summed E-state index contributed by atoms with van der Waals surface area (Å²) < 4.78 is 26.8. The highest BCUT2D eigenvalue weighted by Crippen LogP contribution is 2.47. The van der Waals surface area contributed by atoms with Crippen molar-refractivity contribution >= 4 is 11.1 Å². The van der Waals surface area contributed by atoms with Gasteiger partial charge in [-0.25, -0.2) is 4.39 Å². The van der Waals surface area contributed by atoms with Gasteiger partial charge >= 0.3 is 0 Å². The second-order valence-corrected chi connectivity index (χ2v) is 10.0. The van der Waals surface area contributed by atoms with Crippen LogP contribution in [0, 0.1) is 11.7 Å². The van der Waals surface area contributed by atoms with Crippen molar-refractivity contribution < 1.29 is 24.1 Å². The van der Waals surface area contributed by atoms with Crippen LogP contribution in [0.2, 0.25) is 0 Å². The predicted molar refractivity (Wildman–Crippen MR) is 150 cm³/mol. The normalized spacial score (nSPS) is 19.7. The molecule has 0 radical (unpaired) electrons. The first-order valence-corrected chi connectivity index (χ1v) is 13.5. The van der Waals surface area contributed by atoms with E-state index in [0.29, 0.717) is 24.0 Å². The summed E-state index contributed by atoms with van der Waals surface area (Å²) >= 11 is 0. The number of phenols is 2. The van der Waals surface area contributed by atoms with E-state index in [0.717, 1.165) is 47.0 Å². The maximum absolute atomic E-state index is 14.3. The molecule has 6 heteroatoms. The molecule has 3 unspecified atom stereocenters. The van der Waals surface area contributed by atoms with Gasteiger partial charge in [-0.3, -0.25) is 4.90 Å². The Hall–Kier alpha value is -3.51. The molecule has 2 aliphatic rings. The average Bonchev–Trinajstić information content (AvgIpc) is 3.37. The van der Waals surface area contributed by atoms with Gasteiger partial charge in [-0.2, -0.15) is 0 Å². The number of halogens is 1. The SMILES string of the molecule is CC.CC1=C(c2ccc(O)c(F)c2)C(c2ccc(OCC(C)N3CCC(C)C3)cc2)Oc2ccc(O)cc21. The molecule has 0 aromatic heterocycles. The molecule has 5 nitrogen and oxygen atoms in total.